The number of hydrogen-bond acceptors (Lipinski definition) is 9. The molecule has 0 aliphatic carbocycles. The molecule has 2 aromatic heterocycles. The number of esters is 2. The molecular weight excluding hydrogens is 350 g/mol. The number of anilines is 1. The lowest BCUT2D eigenvalue weighted by molar-refractivity contribution is -0.146. The summed E-state index contributed by atoms with van der Waals surface area (Å²) in [5, 5.41) is 11.9. The van der Waals surface area contributed by atoms with E-state index in [2.05, 4.69) is 20.3 Å². The highest BCUT2D eigenvalue weighted by atomic mass is 16.6. The number of rotatable bonds is 7. The zero-order valence-corrected chi connectivity index (χ0v) is 14.8. The Hall–Kier alpha value is -3.80. The summed E-state index contributed by atoms with van der Waals surface area (Å²) in [6, 6.07) is 5.37. The van der Waals surface area contributed by atoms with Crippen molar-refractivity contribution in [2.45, 2.75) is 13.8 Å². The molecule has 0 saturated carbocycles. The summed E-state index contributed by atoms with van der Waals surface area (Å²) in [4.78, 5) is 36.3. The monoisotopic (exact) mass is 367 g/mol. The molecular formula is C18H17N5O4. The van der Waals surface area contributed by atoms with Crippen molar-refractivity contribution in [1.82, 2.24) is 15.0 Å². The Kier molecular flexibility index (Phi) is 6.96. The average molecular weight is 367 g/mol. The molecule has 0 amide bonds. The first-order valence-electron chi connectivity index (χ1n) is 8.09. The van der Waals surface area contributed by atoms with Crippen LogP contribution in [0, 0.1) is 11.3 Å². The number of nitrogens with one attached hydrogen (secondary N) is 1. The molecule has 0 radical (unpaired) electrons. The molecule has 0 saturated heterocycles. The van der Waals surface area contributed by atoms with Gasteiger partial charge in [-0.15, -0.1) is 0 Å². The standard InChI is InChI=1S/C18H17N5O4/c1-3-26-17(24)14(18(25)27-4-2)11-22-16-13(9-19)10-21-15(23-16)12-5-7-20-8-6-12/h5-8,10-11H,3-4H2,1-2H3,(H,21,22,23). The third-order valence-electron chi connectivity index (χ3n) is 3.19. The van der Waals surface area contributed by atoms with Gasteiger partial charge in [-0.2, -0.15) is 5.26 Å². The third-order valence-corrected chi connectivity index (χ3v) is 3.19. The third kappa shape index (κ3) is 5.09. The smallest absolute Gasteiger partial charge is 0.347 e. The fourth-order valence-electron chi connectivity index (χ4n) is 1.97. The summed E-state index contributed by atoms with van der Waals surface area (Å²) in [5.41, 5.74) is 0.486. The number of carbonyl (C=O) groups is 2. The molecule has 9 nitrogen and oxygen atoms in total. The molecule has 2 aromatic rings. The van der Waals surface area contributed by atoms with Gasteiger partial charge in [-0.3, -0.25) is 4.98 Å². The minimum Gasteiger partial charge on any atom is -0.462 e. The topological polar surface area (TPSA) is 127 Å². The van der Waals surface area contributed by atoms with Gasteiger partial charge in [0.25, 0.3) is 0 Å². The van der Waals surface area contributed by atoms with Gasteiger partial charge in [0.2, 0.25) is 0 Å². The number of pyridine rings is 1. The van der Waals surface area contributed by atoms with E-state index in [1.165, 1.54) is 6.20 Å². The van der Waals surface area contributed by atoms with Crippen molar-refractivity contribution < 1.29 is 19.1 Å². The van der Waals surface area contributed by atoms with Gasteiger partial charge in [-0.05, 0) is 26.0 Å². The lowest BCUT2D eigenvalue weighted by atomic mass is 10.2. The van der Waals surface area contributed by atoms with Crippen LogP contribution in [0.3, 0.4) is 0 Å². The van der Waals surface area contributed by atoms with Crippen LogP contribution in [-0.4, -0.2) is 40.1 Å². The summed E-state index contributed by atoms with van der Waals surface area (Å²) in [6.07, 6.45) is 5.62. The Labute approximate surface area is 155 Å². The van der Waals surface area contributed by atoms with Gasteiger partial charge >= 0.3 is 11.9 Å². The van der Waals surface area contributed by atoms with E-state index in [9.17, 15) is 14.9 Å². The van der Waals surface area contributed by atoms with Crippen LogP contribution in [0.4, 0.5) is 5.82 Å². The second kappa shape index (κ2) is 9.62. The van der Waals surface area contributed by atoms with Crippen LogP contribution in [0.5, 0.6) is 0 Å². The fourth-order valence-corrected chi connectivity index (χ4v) is 1.97. The maximum Gasteiger partial charge on any atom is 0.347 e. The Morgan fingerprint density at radius 2 is 1.81 bits per heavy atom. The average Bonchev–Trinajstić information content (AvgIpc) is 2.69. The molecule has 0 atom stereocenters. The van der Waals surface area contributed by atoms with Gasteiger partial charge in [0.1, 0.15) is 11.6 Å². The number of aromatic nitrogens is 3. The first-order valence-corrected chi connectivity index (χ1v) is 8.09. The van der Waals surface area contributed by atoms with Crippen LogP contribution in [-0.2, 0) is 19.1 Å². The molecule has 2 heterocycles. The number of ether oxygens (including phenoxy) is 2. The molecule has 27 heavy (non-hydrogen) atoms. The second-order valence-corrected chi connectivity index (χ2v) is 4.95. The van der Waals surface area contributed by atoms with E-state index in [1.807, 2.05) is 6.07 Å². The van der Waals surface area contributed by atoms with Gasteiger partial charge < -0.3 is 14.8 Å². The first-order chi connectivity index (χ1) is 13.1. The normalized spacial score (nSPS) is 9.67. The van der Waals surface area contributed by atoms with Crippen LogP contribution >= 0.6 is 0 Å². The first kappa shape index (κ1) is 19.5. The SMILES string of the molecule is CCOC(=O)C(=CNc1nc(-c2ccncc2)ncc1C#N)C(=O)OCC. The Bertz CT molecular complexity index is 870. The molecule has 0 aliphatic rings. The van der Waals surface area contributed by atoms with Crippen molar-refractivity contribution in [1.29, 1.82) is 5.26 Å². The van der Waals surface area contributed by atoms with Gasteiger partial charge in [-0.1, -0.05) is 0 Å². The van der Waals surface area contributed by atoms with E-state index in [0.717, 1.165) is 6.20 Å². The van der Waals surface area contributed by atoms with E-state index in [0.29, 0.717) is 11.4 Å². The summed E-state index contributed by atoms with van der Waals surface area (Å²) in [7, 11) is 0. The summed E-state index contributed by atoms with van der Waals surface area (Å²) >= 11 is 0. The zero-order valence-electron chi connectivity index (χ0n) is 14.8. The number of nitriles is 1. The number of nitrogens with zero attached hydrogens (tertiary/aromatic N) is 4. The van der Waals surface area contributed by atoms with Gasteiger partial charge in [0.15, 0.2) is 17.2 Å². The van der Waals surface area contributed by atoms with Crippen molar-refractivity contribution in [3.05, 3.63) is 48.1 Å². The van der Waals surface area contributed by atoms with E-state index in [-0.39, 0.29) is 30.2 Å². The lowest BCUT2D eigenvalue weighted by Gasteiger charge is -2.09. The van der Waals surface area contributed by atoms with Crippen LogP contribution in [0.25, 0.3) is 11.4 Å². The molecule has 0 unspecified atom stereocenters. The van der Waals surface area contributed by atoms with Crippen molar-refractivity contribution in [2.75, 3.05) is 18.5 Å². The number of hydrogen-bond donors (Lipinski definition) is 1. The molecule has 9 heteroatoms. The Morgan fingerprint density at radius 3 is 2.37 bits per heavy atom. The Balaban J connectivity index is 2.37. The van der Waals surface area contributed by atoms with Crippen LogP contribution in [0.2, 0.25) is 0 Å². The molecule has 0 fully saturated rings. The maximum absolute atomic E-state index is 12.0. The molecule has 1 N–H and O–H groups in total. The van der Waals surface area contributed by atoms with E-state index >= 15 is 0 Å². The highest BCUT2D eigenvalue weighted by Crippen LogP contribution is 2.18. The minimum absolute atomic E-state index is 0.0960. The predicted molar refractivity (Wildman–Crippen MR) is 94.9 cm³/mol. The van der Waals surface area contributed by atoms with Crippen molar-refractivity contribution in [3.63, 3.8) is 0 Å². The van der Waals surface area contributed by atoms with Crippen molar-refractivity contribution in [2.24, 2.45) is 0 Å². The van der Waals surface area contributed by atoms with Gasteiger partial charge in [0.05, 0.1) is 19.4 Å². The molecule has 0 aliphatic heterocycles. The van der Waals surface area contributed by atoms with Gasteiger partial charge in [-0.25, -0.2) is 19.6 Å². The van der Waals surface area contributed by atoms with Crippen LogP contribution in [0.1, 0.15) is 19.4 Å². The fraction of sp³-hybridized carbons (Fsp3) is 0.222. The molecule has 0 spiro atoms. The van der Waals surface area contributed by atoms with Gasteiger partial charge in [0, 0.05) is 24.2 Å². The summed E-state index contributed by atoms with van der Waals surface area (Å²) in [5.74, 6) is -1.21. The van der Waals surface area contributed by atoms with E-state index < -0.39 is 11.9 Å². The maximum atomic E-state index is 12.0. The molecule has 0 aromatic carbocycles. The molecule has 0 bridgehead atoms. The quantitative estimate of drug-likeness (QED) is 0.337. The molecule has 2 rings (SSSR count). The highest BCUT2D eigenvalue weighted by Gasteiger charge is 2.21. The van der Waals surface area contributed by atoms with E-state index in [4.69, 9.17) is 9.47 Å². The van der Waals surface area contributed by atoms with E-state index in [1.54, 1.807) is 38.4 Å². The summed E-state index contributed by atoms with van der Waals surface area (Å²) < 4.78 is 9.71. The minimum atomic E-state index is -0.842. The van der Waals surface area contributed by atoms with Crippen molar-refractivity contribution >= 4 is 17.8 Å². The number of carbonyl (C=O) groups excluding carboxylic acids is 2. The highest BCUT2D eigenvalue weighted by molar-refractivity contribution is 6.14. The summed E-state index contributed by atoms with van der Waals surface area (Å²) in [6.45, 7) is 3.43. The lowest BCUT2D eigenvalue weighted by Crippen LogP contribution is -2.19. The predicted octanol–water partition coefficient (Wildman–Crippen LogP) is 1.83. The van der Waals surface area contributed by atoms with Crippen LogP contribution in [0.15, 0.2) is 42.5 Å². The zero-order chi connectivity index (χ0) is 19.6. The largest absolute Gasteiger partial charge is 0.462 e. The van der Waals surface area contributed by atoms with Crippen molar-refractivity contribution in [3.8, 4) is 17.5 Å². The van der Waals surface area contributed by atoms with Crippen LogP contribution < -0.4 is 5.32 Å². The molecule has 138 valence electrons. The Morgan fingerprint density at radius 1 is 1.19 bits per heavy atom. The second-order valence-electron chi connectivity index (χ2n) is 4.95.